The molecule has 10 heavy (non-hydrogen) atoms. The molecule has 1 N–H and O–H groups in total. The monoisotopic (exact) mass is 133 g/mol. The van der Waals surface area contributed by atoms with E-state index >= 15 is 0 Å². The van der Waals surface area contributed by atoms with Gasteiger partial charge in [-0.3, -0.25) is 0 Å². The molecular weight excluding hydrogens is 124 g/mol. The third-order valence-corrected chi connectivity index (χ3v) is 1.70. The molecule has 0 spiro atoms. The second-order valence-electron chi connectivity index (χ2n) is 2.39. The first-order chi connectivity index (χ1) is 4.97. The predicted molar refractivity (Wildman–Crippen MR) is 40.1 cm³/mol. The second kappa shape index (κ2) is 2.31. The summed E-state index contributed by atoms with van der Waals surface area (Å²) in [4.78, 5) is 0. The number of hydrogen-bond acceptors (Lipinski definition) is 1. The fourth-order valence-corrected chi connectivity index (χ4v) is 1.16. The summed E-state index contributed by atoms with van der Waals surface area (Å²) < 4.78 is 0. The van der Waals surface area contributed by atoms with Crippen molar-refractivity contribution < 1.29 is 0 Å². The Hall–Kier alpha value is -1.02. The number of fused-ring (bicyclic) bond motifs is 1. The smallest absolute Gasteiger partial charge is 0.0806 e. The van der Waals surface area contributed by atoms with E-state index in [1.165, 1.54) is 5.57 Å². The van der Waals surface area contributed by atoms with Gasteiger partial charge in [-0.2, -0.15) is 0 Å². The van der Waals surface area contributed by atoms with E-state index in [2.05, 4.69) is 23.0 Å². The summed E-state index contributed by atoms with van der Waals surface area (Å²) in [7, 11) is 0. The summed E-state index contributed by atoms with van der Waals surface area (Å²) in [5.41, 5.74) is 9.51. The normalized spacial score (nSPS) is 22.4. The number of hydrogen-bond donors (Lipinski definition) is 1. The van der Waals surface area contributed by atoms with Crippen molar-refractivity contribution in [2.45, 2.75) is 6.42 Å². The second-order valence-corrected chi connectivity index (χ2v) is 2.39. The van der Waals surface area contributed by atoms with Gasteiger partial charge in [0.15, 0.2) is 0 Å². The molecule has 0 unspecified atom stereocenters. The van der Waals surface area contributed by atoms with Crippen molar-refractivity contribution in [1.82, 2.24) is 10.9 Å². The fraction of sp³-hybridized carbons (Fsp3) is 0.250. The number of nitrogens with one attached hydrogen (secondary N) is 1. The Balaban J connectivity index is 2.32. The molecule has 2 aliphatic rings. The van der Waals surface area contributed by atoms with Crippen molar-refractivity contribution in [1.29, 1.82) is 0 Å². The molecule has 0 bridgehead atoms. The Morgan fingerprint density at radius 1 is 1.50 bits per heavy atom. The van der Waals surface area contributed by atoms with Gasteiger partial charge in [-0.25, -0.2) is 10.9 Å². The van der Waals surface area contributed by atoms with Crippen molar-refractivity contribution in [2.75, 3.05) is 6.54 Å². The van der Waals surface area contributed by atoms with Crippen molar-refractivity contribution in [3.05, 3.63) is 35.6 Å². The Kier molecular flexibility index (Phi) is 1.32. The first-order valence-corrected chi connectivity index (χ1v) is 3.46. The van der Waals surface area contributed by atoms with Gasteiger partial charge in [0.1, 0.15) is 0 Å². The molecule has 2 heteroatoms. The molecule has 1 radical (unpaired) electrons. The van der Waals surface area contributed by atoms with Crippen LogP contribution in [0.15, 0.2) is 35.6 Å². The van der Waals surface area contributed by atoms with E-state index in [0.717, 1.165) is 18.7 Å². The highest BCUT2D eigenvalue weighted by Crippen LogP contribution is 2.18. The third kappa shape index (κ3) is 0.866. The van der Waals surface area contributed by atoms with Crippen molar-refractivity contribution in [3.63, 3.8) is 0 Å². The first-order valence-electron chi connectivity index (χ1n) is 3.46. The van der Waals surface area contributed by atoms with E-state index in [0.29, 0.717) is 0 Å². The van der Waals surface area contributed by atoms with Crippen LogP contribution in [0.4, 0.5) is 0 Å². The van der Waals surface area contributed by atoms with Gasteiger partial charge in [0.2, 0.25) is 0 Å². The van der Waals surface area contributed by atoms with Gasteiger partial charge in [-0.15, -0.1) is 0 Å². The molecule has 51 valence electrons. The molecule has 0 atom stereocenters. The average Bonchev–Trinajstić information content (AvgIpc) is 2.05. The lowest BCUT2D eigenvalue weighted by molar-refractivity contribution is 0.612. The molecule has 0 saturated carbocycles. The molecule has 0 aromatic carbocycles. The lowest BCUT2D eigenvalue weighted by Crippen LogP contribution is -2.29. The lowest BCUT2D eigenvalue weighted by Gasteiger charge is -2.17. The highest BCUT2D eigenvalue weighted by atomic mass is 15.4. The standard InChI is InChI=1S/C8H9N2/c1-2-4-8-7(3-1)5-6-9-10-8/h1-2,4-5,9H,3,6H2. The van der Waals surface area contributed by atoms with Gasteiger partial charge in [-0.05, 0) is 18.1 Å². The van der Waals surface area contributed by atoms with Crippen LogP contribution in [-0.2, 0) is 0 Å². The van der Waals surface area contributed by atoms with Crippen molar-refractivity contribution in [2.24, 2.45) is 0 Å². The van der Waals surface area contributed by atoms with Gasteiger partial charge in [0, 0.05) is 6.54 Å². The van der Waals surface area contributed by atoms with Gasteiger partial charge < -0.3 is 0 Å². The van der Waals surface area contributed by atoms with E-state index < -0.39 is 0 Å². The van der Waals surface area contributed by atoms with E-state index in [4.69, 9.17) is 0 Å². The minimum Gasteiger partial charge on any atom is -0.210 e. The number of nitrogens with zero attached hydrogens (tertiary/aromatic N) is 1. The fourth-order valence-electron chi connectivity index (χ4n) is 1.16. The van der Waals surface area contributed by atoms with Crippen LogP contribution in [0.25, 0.3) is 0 Å². The third-order valence-electron chi connectivity index (χ3n) is 1.70. The number of allylic oxidation sites excluding steroid dienone is 4. The van der Waals surface area contributed by atoms with Gasteiger partial charge in [-0.1, -0.05) is 18.2 Å². The molecule has 0 saturated heterocycles. The zero-order valence-electron chi connectivity index (χ0n) is 5.67. The Labute approximate surface area is 60.3 Å². The van der Waals surface area contributed by atoms with Crippen LogP contribution in [-0.4, -0.2) is 6.54 Å². The molecule has 1 heterocycles. The van der Waals surface area contributed by atoms with E-state index in [1.807, 2.05) is 12.2 Å². The zero-order valence-corrected chi connectivity index (χ0v) is 5.67. The summed E-state index contributed by atoms with van der Waals surface area (Å²) in [5, 5.41) is 0. The van der Waals surface area contributed by atoms with Gasteiger partial charge in [0.25, 0.3) is 0 Å². The lowest BCUT2D eigenvalue weighted by atomic mass is 10.0. The molecular formula is C8H9N2. The van der Waals surface area contributed by atoms with Crippen LogP contribution in [0, 0.1) is 0 Å². The molecule has 0 fully saturated rings. The summed E-state index contributed by atoms with van der Waals surface area (Å²) in [5.74, 6) is 0. The summed E-state index contributed by atoms with van der Waals surface area (Å²) >= 11 is 0. The quantitative estimate of drug-likeness (QED) is 0.521. The molecule has 1 aliphatic heterocycles. The molecule has 0 aromatic rings. The highest BCUT2D eigenvalue weighted by Gasteiger charge is 2.10. The maximum absolute atomic E-state index is 4.14. The van der Waals surface area contributed by atoms with Crippen LogP contribution >= 0.6 is 0 Å². The maximum atomic E-state index is 4.14. The summed E-state index contributed by atoms with van der Waals surface area (Å²) in [6, 6.07) is 0. The van der Waals surface area contributed by atoms with Crippen LogP contribution in [0.3, 0.4) is 0 Å². The predicted octanol–water partition coefficient (Wildman–Crippen LogP) is 0.879. The highest BCUT2D eigenvalue weighted by molar-refractivity contribution is 5.38. The Bertz CT molecular complexity index is 223. The topological polar surface area (TPSA) is 26.1 Å². The van der Waals surface area contributed by atoms with E-state index in [1.54, 1.807) is 0 Å². The van der Waals surface area contributed by atoms with Crippen LogP contribution in [0.1, 0.15) is 6.42 Å². The summed E-state index contributed by atoms with van der Waals surface area (Å²) in [6.45, 7) is 0.876. The Morgan fingerprint density at radius 3 is 3.40 bits per heavy atom. The van der Waals surface area contributed by atoms with Gasteiger partial charge >= 0.3 is 0 Å². The molecule has 0 amide bonds. The Morgan fingerprint density at radius 2 is 2.50 bits per heavy atom. The van der Waals surface area contributed by atoms with Crippen LogP contribution in [0.5, 0.6) is 0 Å². The largest absolute Gasteiger partial charge is 0.210 e. The average molecular weight is 133 g/mol. The first kappa shape index (κ1) is 5.74. The van der Waals surface area contributed by atoms with Crippen LogP contribution in [0.2, 0.25) is 0 Å². The molecule has 2 rings (SSSR count). The minimum absolute atomic E-state index is 0.876. The van der Waals surface area contributed by atoms with Gasteiger partial charge in [0.05, 0.1) is 5.70 Å². The maximum Gasteiger partial charge on any atom is 0.0806 e. The van der Waals surface area contributed by atoms with Crippen molar-refractivity contribution in [3.8, 4) is 0 Å². The minimum atomic E-state index is 0.876. The molecule has 1 aliphatic carbocycles. The van der Waals surface area contributed by atoms with E-state index in [-0.39, 0.29) is 0 Å². The zero-order chi connectivity index (χ0) is 6.81. The molecule has 2 nitrogen and oxygen atoms in total. The summed E-state index contributed by atoms with van der Waals surface area (Å²) in [6.07, 6.45) is 9.44. The van der Waals surface area contributed by atoms with Crippen LogP contribution < -0.4 is 10.9 Å². The number of rotatable bonds is 0. The SMILES string of the molecule is C1=CCC2=CCN[N]C2=C1. The molecule has 0 aromatic heterocycles. The van der Waals surface area contributed by atoms with Crippen molar-refractivity contribution >= 4 is 0 Å². The van der Waals surface area contributed by atoms with E-state index in [9.17, 15) is 0 Å².